The largest absolute Gasteiger partial charge is 0.497 e. The first-order valence-corrected chi connectivity index (χ1v) is 13.5. The summed E-state index contributed by atoms with van der Waals surface area (Å²) in [6, 6.07) is 16.3. The Bertz CT molecular complexity index is 1340. The van der Waals surface area contributed by atoms with Crippen LogP contribution in [0.4, 0.5) is 0 Å². The molecule has 4 aromatic rings. The molecule has 170 valence electrons. The normalized spacial score (nSPS) is 12.5. The van der Waals surface area contributed by atoms with E-state index in [1.54, 1.807) is 34.8 Å². The van der Waals surface area contributed by atoms with Gasteiger partial charge in [-0.1, -0.05) is 62.2 Å². The Kier molecular flexibility index (Phi) is 6.56. The molecule has 0 amide bonds. The first kappa shape index (κ1) is 22.2. The molecule has 4 nitrogen and oxygen atoms in total. The molecule has 0 bridgehead atoms. The summed E-state index contributed by atoms with van der Waals surface area (Å²) in [6.07, 6.45) is 6.65. The zero-order chi connectivity index (χ0) is 22.8. The number of hydrogen-bond donors (Lipinski definition) is 0. The van der Waals surface area contributed by atoms with Crippen LogP contribution in [0.2, 0.25) is 0 Å². The van der Waals surface area contributed by atoms with Gasteiger partial charge in [0.25, 0.3) is 5.56 Å². The van der Waals surface area contributed by atoms with Crippen LogP contribution >= 0.6 is 23.1 Å². The molecule has 2 aromatic heterocycles. The van der Waals surface area contributed by atoms with E-state index in [9.17, 15) is 4.79 Å². The number of rotatable bonds is 8. The summed E-state index contributed by atoms with van der Waals surface area (Å²) < 4.78 is 7.13. The summed E-state index contributed by atoms with van der Waals surface area (Å²) in [7, 11) is 1.65. The molecule has 0 aliphatic heterocycles. The maximum Gasteiger partial charge on any atom is 0.267 e. The summed E-state index contributed by atoms with van der Waals surface area (Å²) >= 11 is 3.36. The predicted molar refractivity (Wildman–Crippen MR) is 139 cm³/mol. The highest BCUT2D eigenvalue weighted by Gasteiger charge is 2.25. The van der Waals surface area contributed by atoms with Crippen molar-refractivity contribution in [1.29, 1.82) is 0 Å². The molecule has 0 saturated heterocycles. The lowest BCUT2D eigenvalue weighted by Crippen LogP contribution is -2.22. The third-order valence-corrected chi connectivity index (χ3v) is 8.44. The van der Waals surface area contributed by atoms with Crippen LogP contribution in [0.15, 0.2) is 58.5 Å². The Balaban J connectivity index is 1.64. The van der Waals surface area contributed by atoms with Gasteiger partial charge in [0.05, 0.1) is 18.2 Å². The summed E-state index contributed by atoms with van der Waals surface area (Å²) in [5.41, 5.74) is 4.65. The van der Waals surface area contributed by atoms with Gasteiger partial charge in [-0.25, -0.2) is 4.98 Å². The Morgan fingerprint density at radius 3 is 2.67 bits per heavy atom. The van der Waals surface area contributed by atoms with Gasteiger partial charge in [0.2, 0.25) is 0 Å². The zero-order valence-electron chi connectivity index (χ0n) is 19.1. The number of ether oxygens (including phenoxy) is 1. The summed E-state index contributed by atoms with van der Waals surface area (Å²) in [5.74, 6) is 1.74. The van der Waals surface area contributed by atoms with Crippen LogP contribution in [0, 0.1) is 0 Å². The van der Waals surface area contributed by atoms with Crippen molar-refractivity contribution in [3.05, 3.63) is 70.0 Å². The van der Waals surface area contributed by atoms with Crippen molar-refractivity contribution in [2.75, 3.05) is 12.9 Å². The Hall–Kier alpha value is -2.57. The molecule has 0 N–H and O–H groups in total. The van der Waals surface area contributed by atoms with Crippen LogP contribution in [0.25, 0.3) is 26.3 Å². The molecule has 6 heteroatoms. The average molecular weight is 477 g/mol. The van der Waals surface area contributed by atoms with Crippen molar-refractivity contribution in [2.45, 2.75) is 50.6 Å². The van der Waals surface area contributed by atoms with Gasteiger partial charge in [0.15, 0.2) is 5.16 Å². The molecular formula is C27H28N2O2S2. The number of aromatic nitrogens is 2. The second-order valence-corrected chi connectivity index (χ2v) is 10.5. The molecule has 0 saturated carbocycles. The van der Waals surface area contributed by atoms with Crippen molar-refractivity contribution in [3.8, 4) is 21.9 Å². The van der Waals surface area contributed by atoms with Gasteiger partial charge >= 0.3 is 0 Å². The smallest absolute Gasteiger partial charge is 0.267 e. The number of hydrogen-bond acceptors (Lipinski definition) is 5. The molecule has 0 fully saturated rings. The molecule has 0 atom stereocenters. The van der Waals surface area contributed by atoms with E-state index in [-0.39, 0.29) is 5.56 Å². The number of methoxy groups -OCH3 is 1. The third-order valence-electron chi connectivity index (χ3n) is 6.26. The van der Waals surface area contributed by atoms with Gasteiger partial charge in [-0.15, -0.1) is 11.3 Å². The van der Waals surface area contributed by atoms with Crippen LogP contribution in [0.5, 0.6) is 5.75 Å². The fourth-order valence-electron chi connectivity index (χ4n) is 4.51. The Morgan fingerprint density at radius 2 is 1.88 bits per heavy atom. The SMILES string of the molecule is CCCCCCSc1nc2sc3c(c2c(=O)n1-c1ccc(OC)cc1)CCc1ccccc1-3. The first-order valence-electron chi connectivity index (χ1n) is 11.6. The van der Waals surface area contributed by atoms with E-state index in [1.165, 1.54) is 35.3 Å². The number of thioether (sulfide) groups is 1. The number of thiophene rings is 1. The number of fused-ring (bicyclic) bond motifs is 5. The van der Waals surface area contributed by atoms with E-state index in [0.29, 0.717) is 0 Å². The highest BCUT2D eigenvalue weighted by molar-refractivity contribution is 7.99. The summed E-state index contributed by atoms with van der Waals surface area (Å²) in [5, 5.41) is 1.57. The minimum absolute atomic E-state index is 0.0399. The summed E-state index contributed by atoms with van der Waals surface area (Å²) in [6.45, 7) is 2.22. The average Bonchev–Trinajstić information content (AvgIpc) is 3.23. The van der Waals surface area contributed by atoms with E-state index in [1.807, 2.05) is 24.3 Å². The maximum atomic E-state index is 14.0. The van der Waals surface area contributed by atoms with Crippen LogP contribution in [0.1, 0.15) is 43.7 Å². The van der Waals surface area contributed by atoms with Gasteiger partial charge in [-0.2, -0.15) is 0 Å². The van der Waals surface area contributed by atoms with Crippen molar-refractivity contribution in [1.82, 2.24) is 9.55 Å². The lowest BCUT2D eigenvalue weighted by molar-refractivity contribution is 0.414. The van der Waals surface area contributed by atoms with E-state index in [2.05, 4.69) is 31.2 Å². The summed E-state index contributed by atoms with van der Waals surface area (Å²) in [4.78, 5) is 21.1. The van der Waals surface area contributed by atoms with Crippen LogP contribution < -0.4 is 10.3 Å². The molecule has 2 aromatic carbocycles. The molecule has 1 aliphatic carbocycles. The Morgan fingerprint density at radius 1 is 1.06 bits per heavy atom. The minimum atomic E-state index is 0.0399. The highest BCUT2D eigenvalue weighted by Crippen LogP contribution is 2.42. The molecular weight excluding hydrogens is 448 g/mol. The lowest BCUT2D eigenvalue weighted by Gasteiger charge is -2.16. The predicted octanol–water partition coefficient (Wildman–Crippen LogP) is 6.89. The second-order valence-electron chi connectivity index (χ2n) is 8.39. The van der Waals surface area contributed by atoms with Crippen LogP contribution in [-0.4, -0.2) is 22.4 Å². The van der Waals surface area contributed by atoms with Crippen LogP contribution in [-0.2, 0) is 12.8 Å². The van der Waals surface area contributed by atoms with E-state index in [0.717, 1.165) is 57.4 Å². The molecule has 1 aliphatic rings. The maximum absolute atomic E-state index is 14.0. The quantitative estimate of drug-likeness (QED) is 0.158. The van der Waals surface area contributed by atoms with Gasteiger partial charge in [0, 0.05) is 10.6 Å². The number of aryl methyl sites for hydroxylation is 2. The van der Waals surface area contributed by atoms with Crippen molar-refractivity contribution in [2.24, 2.45) is 0 Å². The number of unbranched alkanes of at least 4 members (excludes halogenated alkanes) is 3. The molecule has 0 spiro atoms. The standard InChI is InChI=1S/C27H28N2O2S2/c1-3-4-5-8-17-32-27-28-25-23(26(30)29(27)19-12-14-20(31-2)15-13-19)22-16-11-18-9-6-7-10-21(18)24(22)33-25/h6-7,9-10,12-15H,3-5,8,11,16-17H2,1-2H3. The van der Waals surface area contributed by atoms with Crippen molar-refractivity contribution >= 4 is 33.3 Å². The first-order chi connectivity index (χ1) is 16.2. The number of benzene rings is 2. The lowest BCUT2D eigenvalue weighted by atomic mass is 9.90. The van der Waals surface area contributed by atoms with Gasteiger partial charge in [-0.05, 0) is 60.2 Å². The highest BCUT2D eigenvalue weighted by atomic mass is 32.2. The molecule has 2 heterocycles. The number of nitrogens with zero attached hydrogens (tertiary/aromatic N) is 2. The Labute approximate surface area is 202 Å². The fourth-order valence-corrected chi connectivity index (χ4v) is 6.85. The van der Waals surface area contributed by atoms with E-state index in [4.69, 9.17) is 9.72 Å². The van der Waals surface area contributed by atoms with Gasteiger partial charge < -0.3 is 4.74 Å². The second kappa shape index (κ2) is 9.74. The molecule has 33 heavy (non-hydrogen) atoms. The monoisotopic (exact) mass is 476 g/mol. The van der Waals surface area contributed by atoms with Gasteiger partial charge in [-0.3, -0.25) is 9.36 Å². The third kappa shape index (κ3) is 4.22. The van der Waals surface area contributed by atoms with Crippen LogP contribution in [0.3, 0.4) is 0 Å². The van der Waals surface area contributed by atoms with Gasteiger partial charge in [0.1, 0.15) is 10.6 Å². The minimum Gasteiger partial charge on any atom is -0.497 e. The van der Waals surface area contributed by atoms with E-state index < -0.39 is 0 Å². The van der Waals surface area contributed by atoms with Crippen molar-refractivity contribution < 1.29 is 4.74 Å². The molecule has 0 radical (unpaired) electrons. The fraction of sp³-hybridized carbons (Fsp3) is 0.333. The van der Waals surface area contributed by atoms with E-state index >= 15 is 0 Å². The topological polar surface area (TPSA) is 44.1 Å². The molecule has 5 rings (SSSR count). The molecule has 0 unspecified atom stereocenters. The van der Waals surface area contributed by atoms with Crippen molar-refractivity contribution in [3.63, 3.8) is 0 Å². The zero-order valence-corrected chi connectivity index (χ0v) is 20.7.